The fourth-order valence-corrected chi connectivity index (χ4v) is 3.41. The summed E-state index contributed by atoms with van der Waals surface area (Å²) in [5.41, 5.74) is 1.76. The molecule has 0 N–H and O–H groups in total. The fraction of sp³-hybridized carbons (Fsp3) is 0.474. The van der Waals surface area contributed by atoms with Crippen LogP contribution in [-0.2, 0) is 6.54 Å². The molecule has 2 aromatic rings. The third kappa shape index (κ3) is 3.22. The van der Waals surface area contributed by atoms with Gasteiger partial charge in [0.2, 0.25) is 0 Å². The van der Waals surface area contributed by atoms with Crippen molar-refractivity contribution in [2.45, 2.75) is 37.8 Å². The number of likely N-dealkylation sites (tertiary alicyclic amines) is 1. The first-order valence-corrected chi connectivity index (χ1v) is 8.71. The van der Waals surface area contributed by atoms with Crippen LogP contribution >= 0.6 is 0 Å². The number of hydrogen-bond acceptors (Lipinski definition) is 4. The second-order valence-corrected chi connectivity index (χ2v) is 6.97. The molecule has 0 unspecified atom stereocenters. The molecule has 2 heterocycles. The first kappa shape index (κ1) is 15.4. The van der Waals surface area contributed by atoms with Crippen molar-refractivity contribution < 1.29 is 9.32 Å². The summed E-state index contributed by atoms with van der Waals surface area (Å²) in [6.07, 6.45) is 3.30. The van der Waals surface area contributed by atoms with Gasteiger partial charge in [0.05, 0.1) is 0 Å². The zero-order chi connectivity index (χ0) is 16.5. The highest BCUT2D eigenvalue weighted by Gasteiger charge is 2.32. The number of carbonyl (C=O) groups excluding carboxylic acids is 1. The Morgan fingerprint density at radius 1 is 1.29 bits per heavy atom. The van der Waals surface area contributed by atoms with Crippen LogP contribution in [0.5, 0.6) is 0 Å². The number of rotatable bonds is 5. The molecule has 0 bridgehead atoms. The molecule has 1 aliphatic heterocycles. The summed E-state index contributed by atoms with van der Waals surface area (Å²) in [4.78, 5) is 16.9. The molecule has 126 valence electrons. The molecule has 5 heteroatoms. The van der Waals surface area contributed by atoms with Crippen molar-refractivity contribution in [2.75, 3.05) is 20.1 Å². The molecule has 5 nitrogen and oxygen atoms in total. The van der Waals surface area contributed by atoms with Crippen molar-refractivity contribution in [1.29, 1.82) is 0 Å². The van der Waals surface area contributed by atoms with E-state index in [9.17, 15) is 4.79 Å². The summed E-state index contributed by atoms with van der Waals surface area (Å²) >= 11 is 0. The van der Waals surface area contributed by atoms with Crippen LogP contribution in [-0.4, -0.2) is 47.0 Å². The number of hydrogen-bond donors (Lipinski definition) is 0. The van der Waals surface area contributed by atoms with Crippen molar-refractivity contribution >= 4 is 5.91 Å². The van der Waals surface area contributed by atoms with Gasteiger partial charge in [0, 0.05) is 44.7 Å². The van der Waals surface area contributed by atoms with E-state index in [2.05, 4.69) is 34.3 Å². The quantitative estimate of drug-likeness (QED) is 0.848. The summed E-state index contributed by atoms with van der Waals surface area (Å²) in [7, 11) is 1.88. The van der Waals surface area contributed by atoms with E-state index in [1.165, 1.54) is 5.56 Å². The first-order chi connectivity index (χ1) is 11.7. The van der Waals surface area contributed by atoms with Gasteiger partial charge < -0.3 is 9.42 Å². The Labute approximate surface area is 142 Å². The van der Waals surface area contributed by atoms with Gasteiger partial charge in [-0.25, -0.2) is 0 Å². The smallest absolute Gasteiger partial charge is 0.276 e. The highest BCUT2D eigenvalue weighted by Crippen LogP contribution is 2.40. The Bertz CT molecular complexity index is 708. The SMILES string of the molecule is CN(C(=O)c1cc(C2CC2)on1)[C@@H]1CCN(Cc2ccccc2)C1. The molecule has 1 amide bonds. The Hall–Kier alpha value is -2.14. The molecule has 1 aromatic carbocycles. The molecule has 0 radical (unpaired) electrons. The lowest BCUT2D eigenvalue weighted by Gasteiger charge is -2.24. The summed E-state index contributed by atoms with van der Waals surface area (Å²) in [6, 6.07) is 12.5. The maximum absolute atomic E-state index is 12.6. The van der Waals surface area contributed by atoms with E-state index in [1.54, 1.807) is 0 Å². The minimum atomic E-state index is -0.0304. The number of benzene rings is 1. The summed E-state index contributed by atoms with van der Waals surface area (Å²) in [5.74, 6) is 1.32. The van der Waals surface area contributed by atoms with Crippen molar-refractivity contribution in [3.63, 3.8) is 0 Å². The average molecular weight is 325 g/mol. The lowest BCUT2D eigenvalue weighted by Crippen LogP contribution is -2.39. The molecule has 1 saturated carbocycles. The molecule has 1 aliphatic carbocycles. The van der Waals surface area contributed by atoms with Gasteiger partial charge in [0.25, 0.3) is 5.91 Å². The van der Waals surface area contributed by atoms with Crippen LogP contribution in [0.2, 0.25) is 0 Å². The van der Waals surface area contributed by atoms with Gasteiger partial charge in [0.15, 0.2) is 5.69 Å². The molecule has 1 aromatic heterocycles. The van der Waals surface area contributed by atoms with Gasteiger partial charge >= 0.3 is 0 Å². The van der Waals surface area contributed by atoms with Crippen LogP contribution in [0.3, 0.4) is 0 Å². The topological polar surface area (TPSA) is 49.6 Å². The monoisotopic (exact) mass is 325 g/mol. The largest absolute Gasteiger partial charge is 0.360 e. The number of aromatic nitrogens is 1. The molecule has 2 aliphatic rings. The van der Waals surface area contributed by atoms with E-state index >= 15 is 0 Å². The molecule has 1 atom stereocenters. The maximum atomic E-state index is 12.6. The Kier molecular flexibility index (Phi) is 4.10. The molecule has 24 heavy (non-hydrogen) atoms. The number of nitrogens with zero attached hydrogens (tertiary/aromatic N) is 3. The Morgan fingerprint density at radius 2 is 2.08 bits per heavy atom. The van der Waals surface area contributed by atoms with Crippen LogP contribution in [0.15, 0.2) is 40.9 Å². The van der Waals surface area contributed by atoms with E-state index in [0.29, 0.717) is 11.6 Å². The minimum Gasteiger partial charge on any atom is -0.360 e. The standard InChI is InChI=1S/C19H23N3O2/c1-21(19(23)17-11-18(24-20-17)15-7-8-15)16-9-10-22(13-16)12-14-5-3-2-4-6-14/h2-6,11,15-16H,7-10,12-13H2,1H3/t16-/m1/s1. The van der Waals surface area contributed by atoms with Crippen LogP contribution < -0.4 is 0 Å². The first-order valence-electron chi connectivity index (χ1n) is 8.71. The van der Waals surface area contributed by atoms with Crippen molar-refractivity contribution in [3.8, 4) is 0 Å². The third-order valence-electron chi connectivity index (χ3n) is 5.09. The van der Waals surface area contributed by atoms with Crippen molar-refractivity contribution in [3.05, 3.63) is 53.4 Å². The van der Waals surface area contributed by atoms with Crippen LogP contribution in [0, 0.1) is 0 Å². The summed E-state index contributed by atoms with van der Waals surface area (Å²) in [6.45, 7) is 2.86. The van der Waals surface area contributed by atoms with Gasteiger partial charge in [-0.05, 0) is 24.8 Å². The normalized spacial score (nSPS) is 21.1. The highest BCUT2D eigenvalue weighted by molar-refractivity contribution is 5.92. The molecule has 4 rings (SSSR count). The Morgan fingerprint density at radius 3 is 2.83 bits per heavy atom. The van der Waals surface area contributed by atoms with E-state index in [1.807, 2.05) is 24.1 Å². The summed E-state index contributed by atoms with van der Waals surface area (Å²) < 4.78 is 5.31. The molecule has 1 saturated heterocycles. The van der Waals surface area contributed by atoms with Gasteiger partial charge in [-0.15, -0.1) is 0 Å². The van der Waals surface area contributed by atoms with Crippen LogP contribution in [0.1, 0.15) is 47.0 Å². The van der Waals surface area contributed by atoms with Gasteiger partial charge in [-0.3, -0.25) is 9.69 Å². The van der Waals surface area contributed by atoms with E-state index in [4.69, 9.17) is 4.52 Å². The Balaban J connectivity index is 1.36. The van der Waals surface area contributed by atoms with E-state index < -0.39 is 0 Å². The third-order valence-corrected chi connectivity index (χ3v) is 5.09. The van der Waals surface area contributed by atoms with Crippen LogP contribution in [0.25, 0.3) is 0 Å². The predicted molar refractivity (Wildman–Crippen MR) is 90.7 cm³/mol. The van der Waals surface area contributed by atoms with E-state index in [0.717, 1.165) is 44.7 Å². The van der Waals surface area contributed by atoms with Crippen molar-refractivity contribution in [1.82, 2.24) is 15.0 Å². The van der Waals surface area contributed by atoms with E-state index in [-0.39, 0.29) is 11.9 Å². The zero-order valence-corrected chi connectivity index (χ0v) is 14.0. The van der Waals surface area contributed by atoms with Gasteiger partial charge in [-0.2, -0.15) is 0 Å². The number of likely N-dealkylation sites (N-methyl/N-ethyl adjacent to an activating group) is 1. The minimum absolute atomic E-state index is 0.0304. The lowest BCUT2D eigenvalue weighted by molar-refractivity contribution is 0.0724. The average Bonchev–Trinajstić information content (AvgIpc) is 3.16. The molecule has 0 spiro atoms. The van der Waals surface area contributed by atoms with Crippen LogP contribution in [0.4, 0.5) is 0 Å². The second kappa shape index (κ2) is 6.40. The van der Waals surface area contributed by atoms with Gasteiger partial charge in [0.1, 0.15) is 5.76 Å². The molecular formula is C19H23N3O2. The highest BCUT2D eigenvalue weighted by atomic mass is 16.5. The summed E-state index contributed by atoms with van der Waals surface area (Å²) in [5, 5.41) is 3.98. The van der Waals surface area contributed by atoms with Gasteiger partial charge in [-0.1, -0.05) is 35.5 Å². The molecule has 2 fully saturated rings. The predicted octanol–water partition coefficient (Wildman–Crippen LogP) is 2.90. The second-order valence-electron chi connectivity index (χ2n) is 6.97. The fourth-order valence-electron chi connectivity index (χ4n) is 3.41. The maximum Gasteiger partial charge on any atom is 0.276 e. The van der Waals surface area contributed by atoms with Crippen molar-refractivity contribution in [2.24, 2.45) is 0 Å². The zero-order valence-electron chi connectivity index (χ0n) is 14.0. The number of amides is 1. The molecular weight excluding hydrogens is 302 g/mol. The number of carbonyl (C=O) groups is 1. The lowest BCUT2D eigenvalue weighted by atomic mass is 10.2.